The molecule has 0 fully saturated rings. The number of β-amino-alcohol motifs (C(OH)–C–C–N with tert-alkyl or cyclic N) is 1. The van der Waals surface area contributed by atoms with E-state index in [0.717, 1.165) is 17.4 Å². The Morgan fingerprint density at radius 1 is 1.30 bits per heavy atom. The molecule has 1 heterocycles. The van der Waals surface area contributed by atoms with Gasteiger partial charge >= 0.3 is 5.97 Å². The molecule has 1 aliphatic heterocycles. The fourth-order valence-electron chi connectivity index (χ4n) is 2.32. The Morgan fingerprint density at radius 2 is 1.90 bits per heavy atom. The second-order valence-corrected chi connectivity index (χ2v) is 5.28. The Hall–Kier alpha value is -2.21. The molecule has 1 aromatic rings. The van der Waals surface area contributed by atoms with Crippen molar-refractivity contribution in [1.29, 1.82) is 0 Å². The van der Waals surface area contributed by atoms with Gasteiger partial charge < -0.3 is 15.1 Å². The monoisotopic (exact) mass is 277 g/mol. The standard InChI is InChI=1S/C14H15NO5/c1-7-4-8(2)10-9(5-7)15(12(17)11(10)16)6-14(3,20)13(18)19/h4-5,20H,6H2,1-3H3,(H,18,19). The van der Waals surface area contributed by atoms with Gasteiger partial charge in [0.1, 0.15) is 0 Å². The first-order valence-corrected chi connectivity index (χ1v) is 6.08. The number of carboxylic acid groups (broad SMARTS) is 1. The summed E-state index contributed by atoms with van der Waals surface area (Å²) in [5.41, 5.74) is 0.0372. The van der Waals surface area contributed by atoms with E-state index in [2.05, 4.69) is 0 Å². The normalized spacial score (nSPS) is 17.1. The molecule has 6 heteroatoms. The number of amides is 1. The largest absolute Gasteiger partial charge is 0.479 e. The Balaban J connectivity index is 2.51. The summed E-state index contributed by atoms with van der Waals surface area (Å²) < 4.78 is 0. The van der Waals surface area contributed by atoms with Crippen molar-refractivity contribution >= 4 is 23.3 Å². The van der Waals surface area contributed by atoms with Gasteiger partial charge in [-0.15, -0.1) is 0 Å². The van der Waals surface area contributed by atoms with Gasteiger partial charge in [0.15, 0.2) is 5.60 Å². The maximum Gasteiger partial charge on any atom is 0.337 e. The highest BCUT2D eigenvalue weighted by molar-refractivity contribution is 6.52. The zero-order chi connectivity index (χ0) is 15.2. The molecule has 1 amide bonds. The van der Waals surface area contributed by atoms with E-state index >= 15 is 0 Å². The molecule has 0 saturated heterocycles. The number of anilines is 1. The van der Waals surface area contributed by atoms with Gasteiger partial charge in [0.2, 0.25) is 0 Å². The smallest absolute Gasteiger partial charge is 0.337 e. The minimum Gasteiger partial charge on any atom is -0.479 e. The Morgan fingerprint density at radius 3 is 2.45 bits per heavy atom. The highest BCUT2D eigenvalue weighted by Gasteiger charge is 2.42. The zero-order valence-corrected chi connectivity index (χ0v) is 11.4. The van der Waals surface area contributed by atoms with E-state index in [0.29, 0.717) is 11.3 Å². The van der Waals surface area contributed by atoms with Crippen molar-refractivity contribution in [2.45, 2.75) is 26.4 Å². The van der Waals surface area contributed by atoms with E-state index in [-0.39, 0.29) is 5.56 Å². The number of carboxylic acids is 1. The minimum absolute atomic E-state index is 0.279. The van der Waals surface area contributed by atoms with Gasteiger partial charge in [-0.05, 0) is 38.0 Å². The second-order valence-electron chi connectivity index (χ2n) is 5.28. The maximum absolute atomic E-state index is 12.0. The number of benzene rings is 1. The minimum atomic E-state index is -2.12. The summed E-state index contributed by atoms with van der Waals surface area (Å²) >= 11 is 0. The predicted octanol–water partition coefficient (Wildman–Crippen LogP) is 0.668. The topological polar surface area (TPSA) is 94.9 Å². The van der Waals surface area contributed by atoms with Crippen LogP contribution in [-0.4, -0.2) is 40.0 Å². The van der Waals surface area contributed by atoms with Crippen molar-refractivity contribution in [1.82, 2.24) is 0 Å². The van der Waals surface area contributed by atoms with Gasteiger partial charge in [0, 0.05) is 0 Å². The van der Waals surface area contributed by atoms with E-state index in [1.54, 1.807) is 19.1 Å². The number of rotatable bonds is 3. The molecule has 20 heavy (non-hydrogen) atoms. The van der Waals surface area contributed by atoms with Crippen molar-refractivity contribution in [3.05, 3.63) is 28.8 Å². The maximum atomic E-state index is 12.0. The lowest BCUT2D eigenvalue weighted by atomic mass is 10.0. The highest BCUT2D eigenvalue weighted by Crippen LogP contribution is 2.33. The van der Waals surface area contributed by atoms with Crippen molar-refractivity contribution in [2.75, 3.05) is 11.4 Å². The first-order chi connectivity index (χ1) is 9.15. The fourth-order valence-corrected chi connectivity index (χ4v) is 2.32. The molecule has 0 radical (unpaired) electrons. The number of aryl methyl sites for hydroxylation is 2. The summed E-state index contributed by atoms with van der Waals surface area (Å²) in [6, 6.07) is 3.42. The molecule has 1 unspecified atom stereocenters. The van der Waals surface area contributed by atoms with Crippen LogP contribution in [-0.2, 0) is 9.59 Å². The summed E-state index contributed by atoms with van der Waals surface area (Å²) in [5, 5.41) is 18.8. The quantitative estimate of drug-likeness (QED) is 0.792. The third-order valence-electron chi connectivity index (χ3n) is 3.34. The average molecular weight is 277 g/mol. The predicted molar refractivity (Wildman–Crippen MR) is 70.9 cm³/mol. The van der Waals surface area contributed by atoms with E-state index in [1.165, 1.54) is 0 Å². The lowest BCUT2D eigenvalue weighted by Gasteiger charge is -2.25. The number of nitrogens with zero attached hydrogens (tertiary/aromatic N) is 1. The van der Waals surface area contributed by atoms with Crippen LogP contribution in [0.15, 0.2) is 12.1 Å². The first kappa shape index (κ1) is 14.2. The number of fused-ring (bicyclic) bond motifs is 1. The van der Waals surface area contributed by atoms with Gasteiger partial charge in [0.25, 0.3) is 11.7 Å². The van der Waals surface area contributed by atoms with E-state index in [9.17, 15) is 19.5 Å². The third kappa shape index (κ3) is 2.08. The summed E-state index contributed by atoms with van der Waals surface area (Å²) in [4.78, 5) is 36.0. The van der Waals surface area contributed by atoms with Crippen LogP contribution < -0.4 is 4.90 Å². The molecule has 1 aromatic carbocycles. The molecule has 0 bridgehead atoms. The van der Waals surface area contributed by atoms with Crippen LogP contribution in [0.4, 0.5) is 5.69 Å². The molecule has 106 valence electrons. The van der Waals surface area contributed by atoms with E-state index in [1.807, 2.05) is 6.92 Å². The lowest BCUT2D eigenvalue weighted by molar-refractivity contribution is -0.155. The molecule has 2 rings (SSSR count). The van der Waals surface area contributed by atoms with Gasteiger partial charge in [-0.1, -0.05) is 6.07 Å². The van der Waals surface area contributed by atoms with Crippen molar-refractivity contribution in [2.24, 2.45) is 0 Å². The number of ketones is 1. The Bertz CT molecular complexity index is 633. The highest BCUT2D eigenvalue weighted by atomic mass is 16.4. The second kappa shape index (κ2) is 4.42. The van der Waals surface area contributed by atoms with Gasteiger partial charge in [-0.3, -0.25) is 9.59 Å². The molecular weight excluding hydrogens is 262 g/mol. The van der Waals surface area contributed by atoms with Crippen molar-refractivity contribution in [3.8, 4) is 0 Å². The molecular formula is C14H15NO5. The van der Waals surface area contributed by atoms with E-state index < -0.39 is 29.8 Å². The van der Waals surface area contributed by atoms with Gasteiger partial charge in [-0.2, -0.15) is 0 Å². The molecule has 0 aliphatic carbocycles. The van der Waals surface area contributed by atoms with Crippen LogP contribution in [0.3, 0.4) is 0 Å². The molecule has 1 aliphatic rings. The average Bonchev–Trinajstić information content (AvgIpc) is 2.54. The summed E-state index contributed by atoms with van der Waals surface area (Å²) in [7, 11) is 0. The summed E-state index contributed by atoms with van der Waals surface area (Å²) in [6.07, 6.45) is 0. The van der Waals surface area contributed by atoms with Crippen LogP contribution in [0, 0.1) is 13.8 Å². The number of aliphatic carboxylic acids is 1. The number of carbonyl (C=O) groups is 3. The SMILES string of the molecule is Cc1cc(C)c2c(c1)N(CC(C)(O)C(=O)O)C(=O)C2=O. The molecule has 6 nitrogen and oxygen atoms in total. The molecule has 1 atom stereocenters. The molecule has 0 saturated carbocycles. The van der Waals surface area contributed by atoms with Gasteiger partial charge in [0.05, 0.1) is 17.8 Å². The Kier molecular flexibility index (Phi) is 3.14. The first-order valence-electron chi connectivity index (χ1n) is 6.08. The number of aliphatic hydroxyl groups is 1. The van der Waals surface area contributed by atoms with Crippen LogP contribution in [0.5, 0.6) is 0 Å². The van der Waals surface area contributed by atoms with Crippen LogP contribution in [0.2, 0.25) is 0 Å². The fraction of sp³-hybridized carbons (Fsp3) is 0.357. The zero-order valence-electron chi connectivity index (χ0n) is 11.4. The van der Waals surface area contributed by atoms with Crippen LogP contribution in [0.25, 0.3) is 0 Å². The molecule has 0 spiro atoms. The summed E-state index contributed by atoms with van der Waals surface area (Å²) in [6.45, 7) is 4.15. The molecule has 0 aromatic heterocycles. The number of Topliss-reactive ketones (excluding diaryl/α,β-unsaturated/α-hetero) is 1. The van der Waals surface area contributed by atoms with Crippen LogP contribution in [0.1, 0.15) is 28.4 Å². The number of hydrogen-bond donors (Lipinski definition) is 2. The summed E-state index contributed by atoms with van der Waals surface area (Å²) in [5.74, 6) is -2.93. The van der Waals surface area contributed by atoms with Crippen LogP contribution >= 0.6 is 0 Å². The van der Waals surface area contributed by atoms with E-state index in [4.69, 9.17) is 5.11 Å². The van der Waals surface area contributed by atoms with Crippen molar-refractivity contribution < 1.29 is 24.6 Å². The number of hydrogen-bond acceptors (Lipinski definition) is 4. The van der Waals surface area contributed by atoms with Gasteiger partial charge in [-0.25, -0.2) is 4.79 Å². The third-order valence-corrected chi connectivity index (χ3v) is 3.34. The Labute approximate surface area is 115 Å². The lowest BCUT2D eigenvalue weighted by Crippen LogP contribution is -2.48. The molecule has 2 N–H and O–H groups in total. The number of carbonyl (C=O) groups excluding carboxylic acids is 2. The van der Waals surface area contributed by atoms with Crippen molar-refractivity contribution in [3.63, 3.8) is 0 Å².